The maximum Gasteiger partial charge on any atom is 0.277 e. The van der Waals surface area contributed by atoms with Gasteiger partial charge in [0, 0.05) is 25.8 Å². The molecule has 34 heavy (non-hydrogen) atoms. The normalized spacial score (nSPS) is 17.5. The second kappa shape index (κ2) is 8.41. The molecule has 0 spiro atoms. The van der Waals surface area contributed by atoms with E-state index in [2.05, 4.69) is 15.3 Å². The summed E-state index contributed by atoms with van der Waals surface area (Å²) in [6, 6.07) is 7.27. The van der Waals surface area contributed by atoms with Gasteiger partial charge in [-0.25, -0.2) is 22.2 Å². The average molecular weight is 489 g/mol. The second-order valence-corrected chi connectivity index (χ2v) is 11.4. The van der Waals surface area contributed by atoms with Crippen LogP contribution in [-0.4, -0.2) is 44.6 Å². The fourth-order valence-electron chi connectivity index (χ4n) is 4.20. The minimum absolute atomic E-state index is 0.0596. The van der Waals surface area contributed by atoms with E-state index >= 15 is 0 Å². The van der Waals surface area contributed by atoms with E-state index < -0.39 is 16.4 Å². The van der Waals surface area contributed by atoms with Gasteiger partial charge < -0.3 is 5.32 Å². The number of anilines is 3. The SMILES string of the molecule is CN(c1cc(C2CC2)ccc1Nc1cc(CC(=O)C2CC2)nc2c1N=C(C(F)F)C2)S(C)(=O)=O. The maximum atomic E-state index is 13.4. The predicted octanol–water partition coefficient (Wildman–Crippen LogP) is 4.51. The lowest BCUT2D eigenvalue weighted by atomic mass is 10.1. The number of Topliss-reactive ketones (excluding diaryl/α,β-unsaturated/α-hetero) is 1. The molecule has 1 aliphatic heterocycles. The third-order valence-electron chi connectivity index (χ3n) is 6.54. The van der Waals surface area contributed by atoms with Gasteiger partial charge in [0.05, 0.1) is 40.4 Å². The second-order valence-electron chi connectivity index (χ2n) is 9.36. The minimum Gasteiger partial charge on any atom is -0.352 e. The van der Waals surface area contributed by atoms with Crippen LogP contribution in [0.2, 0.25) is 0 Å². The van der Waals surface area contributed by atoms with Crippen LogP contribution in [0.15, 0.2) is 29.3 Å². The van der Waals surface area contributed by atoms with Gasteiger partial charge in [-0.3, -0.25) is 14.1 Å². The Kier molecular flexibility index (Phi) is 5.66. The highest BCUT2D eigenvalue weighted by atomic mass is 32.2. The molecule has 1 aromatic heterocycles. The molecule has 180 valence electrons. The van der Waals surface area contributed by atoms with Crippen LogP contribution < -0.4 is 9.62 Å². The van der Waals surface area contributed by atoms with Gasteiger partial charge in [0.15, 0.2) is 0 Å². The van der Waals surface area contributed by atoms with Crippen molar-refractivity contribution < 1.29 is 22.0 Å². The first kappa shape index (κ1) is 22.9. The molecule has 0 saturated heterocycles. The number of carbonyl (C=O) groups is 1. The van der Waals surface area contributed by atoms with Crippen LogP contribution in [0.1, 0.15) is 48.6 Å². The standard InChI is InChI=1S/C24H26F2N4O3S/c1-30(34(2,32)33)21-9-15(13-3-4-13)7-8-17(21)28-18-10-16(11-22(31)14-5-6-14)27-19-12-20(24(25)26)29-23(18)19/h7-10,13-14,24H,3-6,11-12H2,1-2H3,(H,27,28). The first-order valence-electron chi connectivity index (χ1n) is 11.4. The van der Waals surface area contributed by atoms with E-state index in [1.54, 1.807) is 12.1 Å². The van der Waals surface area contributed by atoms with Crippen molar-refractivity contribution in [1.29, 1.82) is 0 Å². The summed E-state index contributed by atoms with van der Waals surface area (Å²) in [7, 11) is -2.06. The number of fused-ring (bicyclic) bond motifs is 1. The molecule has 2 aromatic rings. The Bertz CT molecular complexity index is 1300. The zero-order valence-corrected chi connectivity index (χ0v) is 19.8. The van der Waals surface area contributed by atoms with Crippen LogP contribution in [0, 0.1) is 5.92 Å². The van der Waals surface area contributed by atoms with Gasteiger partial charge in [0.2, 0.25) is 10.0 Å². The van der Waals surface area contributed by atoms with E-state index in [0.29, 0.717) is 40.1 Å². The third kappa shape index (κ3) is 4.68. The first-order chi connectivity index (χ1) is 16.1. The van der Waals surface area contributed by atoms with Crippen molar-refractivity contribution in [3.63, 3.8) is 0 Å². The Balaban J connectivity index is 1.55. The number of nitrogens with one attached hydrogen (secondary N) is 1. The molecular weight excluding hydrogens is 462 g/mol. The van der Waals surface area contributed by atoms with E-state index in [1.165, 1.54) is 11.4 Å². The van der Waals surface area contributed by atoms with Crippen molar-refractivity contribution >= 4 is 44.3 Å². The quantitative estimate of drug-likeness (QED) is 0.561. The van der Waals surface area contributed by atoms with Gasteiger partial charge in [0.25, 0.3) is 6.43 Å². The van der Waals surface area contributed by atoms with Gasteiger partial charge in [-0.2, -0.15) is 0 Å². The number of halogens is 2. The van der Waals surface area contributed by atoms with Gasteiger partial charge >= 0.3 is 0 Å². The summed E-state index contributed by atoms with van der Waals surface area (Å²) in [6.45, 7) is 0. The summed E-state index contributed by atoms with van der Waals surface area (Å²) in [5.41, 5.74) is 3.38. The van der Waals surface area contributed by atoms with Gasteiger partial charge in [-0.05, 0) is 55.4 Å². The van der Waals surface area contributed by atoms with Crippen LogP contribution in [0.3, 0.4) is 0 Å². The number of aromatic nitrogens is 1. The van der Waals surface area contributed by atoms with Crippen LogP contribution in [-0.2, 0) is 27.7 Å². The molecule has 2 fully saturated rings. The number of ketones is 1. The highest BCUT2D eigenvalue weighted by Gasteiger charge is 2.32. The van der Waals surface area contributed by atoms with Crippen LogP contribution in [0.5, 0.6) is 0 Å². The van der Waals surface area contributed by atoms with Crippen molar-refractivity contribution in [2.45, 2.75) is 50.9 Å². The predicted molar refractivity (Wildman–Crippen MR) is 127 cm³/mol. The highest BCUT2D eigenvalue weighted by molar-refractivity contribution is 7.92. The molecule has 2 saturated carbocycles. The van der Waals surface area contributed by atoms with Gasteiger partial charge in [0.1, 0.15) is 11.5 Å². The zero-order valence-electron chi connectivity index (χ0n) is 19.0. The number of rotatable bonds is 9. The maximum absolute atomic E-state index is 13.4. The van der Waals surface area contributed by atoms with Crippen molar-refractivity contribution in [3.05, 3.63) is 41.2 Å². The Morgan fingerprint density at radius 1 is 1.18 bits per heavy atom. The fourth-order valence-corrected chi connectivity index (χ4v) is 4.71. The number of aliphatic imine (C=N–C) groups is 1. The topological polar surface area (TPSA) is 91.7 Å². The lowest BCUT2D eigenvalue weighted by molar-refractivity contribution is -0.119. The van der Waals surface area contributed by atoms with Crippen LogP contribution >= 0.6 is 0 Å². The number of pyridine rings is 1. The number of nitrogens with zero attached hydrogens (tertiary/aromatic N) is 3. The molecule has 0 atom stereocenters. The number of benzene rings is 1. The molecule has 7 nitrogen and oxygen atoms in total. The van der Waals surface area contributed by atoms with Gasteiger partial charge in [-0.1, -0.05) is 6.07 Å². The van der Waals surface area contributed by atoms with Crippen LogP contribution in [0.25, 0.3) is 0 Å². The smallest absolute Gasteiger partial charge is 0.277 e. The Hall–Kier alpha value is -2.88. The molecule has 2 aliphatic carbocycles. The Morgan fingerprint density at radius 2 is 1.91 bits per heavy atom. The highest BCUT2D eigenvalue weighted by Crippen LogP contribution is 2.44. The molecule has 10 heteroatoms. The Labute approximate surface area is 197 Å². The number of carbonyl (C=O) groups excluding carboxylic acids is 1. The monoisotopic (exact) mass is 488 g/mol. The summed E-state index contributed by atoms with van der Waals surface area (Å²) in [6.07, 6.45) is 2.36. The largest absolute Gasteiger partial charge is 0.352 e. The zero-order chi connectivity index (χ0) is 24.2. The third-order valence-corrected chi connectivity index (χ3v) is 7.73. The Morgan fingerprint density at radius 3 is 2.53 bits per heavy atom. The summed E-state index contributed by atoms with van der Waals surface area (Å²) in [4.78, 5) is 21.0. The minimum atomic E-state index is -3.54. The molecule has 2 heterocycles. The summed E-state index contributed by atoms with van der Waals surface area (Å²) < 4.78 is 52.7. The van der Waals surface area contributed by atoms with E-state index in [4.69, 9.17) is 0 Å². The molecule has 0 bridgehead atoms. The molecule has 5 rings (SSSR count). The van der Waals surface area contributed by atoms with Crippen LogP contribution in [0.4, 0.5) is 31.5 Å². The van der Waals surface area contributed by atoms with Gasteiger partial charge in [-0.15, -0.1) is 0 Å². The first-order valence-corrected chi connectivity index (χ1v) is 13.2. The molecule has 3 aliphatic rings. The van der Waals surface area contributed by atoms with Crippen molar-refractivity contribution in [2.75, 3.05) is 22.9 Å². The van der Waals surface area contributed by atoms with Crippen molar-refractivity contribution in [3.8, 4) is 0 Å². The van der Waals surface area contributed by atoms with E-state index in [1.807, 2.05) is 12.1 Å². The molecule has 0 radical (unpaired) electrons. The number of alkyl halides is 2. The van der Waals surface area contributed by atoms with E-state index in [0.717, 1.165) is 37.5 Å². The average Bonchev–Trinajstić information content (AvgIpc) is 3.69. The van der Waals surface area contributed by atoms with Crippen molar-refractivity contribution in [1.82, 2.24) is 4.98 Å². The van der Waals surface area contributed by atoms with E-state index in [-0.39, 0.29) is 30.3 Å². The number of hydrogen-bond acceptors (Lipinski definition) is 6. The molecule has 0 amide bonds. The van der Waals surface area contributed by atoms with Crippen molar-refractivity contribution in [2.24, 2.45) is 10.9 Å². The molecule has 0 unspecified atom stereocenters. The fraction of sp³-hybridized carbons (Fsp3) is 0.458. The van der Waals surface area contributed by atoms with E-state index in [9.17, 15) is 22.0 Å². The summed E-state index contributed by atoms with van der Waals surface area (Å²) >= 11 is 0. The lowest BCUT2D eigenvalue weighted by Crippen LogP contribution is -2.25. The molecular formula is C24H26F2N4O3S. The number of sulfonamides is 1. The number of hydrogen-bond donors (Lipinski definition) is 1. The summed E-state index contributed by atoms with van der Waals surface area (Å²) in [5, 5.41) is 3.22. The molecule has 1 aromatic carbocycles. The summed E-state index contributed by atoms with van der Waals surface area (Å²) in [5.74, 6) is 0.575. The lowest BCUT2D eigenvalue weighted by Gasteiger charge is -2.23. The molecule has 1 N–H and O–H groups in total.